The molecule has 0 radical (unpaired) electrons. The molecule has 3 aromatic rings. The summed E-state index contributed by atoms with van der Waals surface area (Å²) in [5, 5.41) is 15.1. The van der Waals surface area contributed by atoms with Gasteiger partial charge in [0.2, 0.25) is 0 Å². The lowest BCUT2D eigenvalue weighted by Gasteiger charge is -2.10. The van der Waals surface area contributed by atoms with E-state index in [4.69, 9.17) is 4.42 Å². The number of hydrogen-bond donors (Lipinski definition) is 1. The average Bonchev–Trinajstić information content (AvgIpc) is 3.11. The van der Waals surface area contributed by atoms with Gasteiger partial charge in [-0.3, -0.25) is 0 Å². The van der Waals surface area contributed by atoms with Crippen molar-refractivity contribution in [2.24, 2.45) is 0 Å². The molecule has 0 aliphatic carbocycles. The molecule has 0 spiro atoms. The number of fused-ring (bicyclic) bond motifs is 1. The van der Waals surface area contributed by atoms with Crippen molar-refractivity contribution in [3.63, 3.8) is 0 Å². The topological polar surface area (TPSA) is 51.0 Å². The van der Waals surface area contributed by atoms with Gasteiger partial charge in [0.05, 0.1) is 11.6 Å². The first kappa shape index (κ1) is 13.3. The van der Waals surface area contributed by atoms with E-state index in [1.54, 1.807) is 17.6 Å². The number of benzene rings is 1. The maximum atomic E-state index is 5.57. The molecule has 2 aromatic heterocycles. The van der Waals surface area contributed by atoms with E-state index in [1.165, 1.54) is 0 Å². The van der Waals surface area contributed by atoms with Crippen LogP contribution >= 0.6 is 11.3 Å². The van der Waals surface area contributed by atoms with Gasteiger partial charge in [-0.1, -0.05) is 43.4 Å². The maximum Gasteiger partial charge on any atom is 0.151 e. The highest BCUT2D eigenvalue weighted by molar-refractivity contribution is 7.14. The van der Waals surface area contributed by atoms with Crippen molar-refractivity contribution >= 4 is 22.3 Å². The van der Waals surface area contributed by atoms with Crippen LogP contribution in [0.4, 0.5) is 0 Å². The Balaban J connectivity index is 1.97. The first-order chi connectivity index (χ1) is 9.83. The Morgan fingerprint density at radius 2 is 2.10 bits per heavy atom. The largest absolute Gasteiger partial charge is 0.464 e. The highest BCUT2D eigenvalue weighted by Crippen LogP contribution is 2.34. The van der Waals surface area contributed by atoms with Gasteiger partial charge >= 0.3 is 0 Å². The molecule has 1 unspecified atom stereocenters. The van der Waals surface area contributed by atoms with Crippen LogP contribution in [0.1, 0.15) is 31.3 Å². The molecule has 2 heterocycles. The van der Waals surface area contributed by atoms with Crippen molar-refractivity contribution in [3.05, 3.63) is 35.5 Å². The highest BCUT2D eigenvalue weighted by atomic mass is 32.1. The molecule has 0 aliphatic rings. The number of para-hydroxylation sites is 1. The van der Waals surface area contributed by atoms with E-state index in [2.05, 4.69) is 35.4 Å². The molecule has 4 nitrogen and oxygen atoms in total. The van der Waals surface area contributed by atoms with Crippen LogP contribution in [0.5, 0.6) is 0 Å². The second-order valence-electron chi connectivity index (χ2n) is 4.61. The molecule has 0 saturated carbocycles. The molecule has 20 heavy (non-hydrogen) atoms. The zero-order valence-corrected chi connectivity index (χ0v) is 12.4. The first-order valence-corrected chi connectivity index (χ1v) is 7.68. The fourth-order valence-electron chi connectivity index (χ4n) is 2.28. The minimum absolute atomic E-state index is 0.282. The van der Waals surface area contributed by atoms with E-state index in [1.807, 2.05) is 18.2 Å². The fourth-order valence-corrected chi connectivity index (χ4v) is 3.30. The van der Waals surface area contributed by atoms with Crippen LogP contribution in [-0.2, 0) is 0 Å². The number of aromatic nitrogens is 2. The third-order valence-corrected chi connectivity index (χ3v) is 4.38. The average molecular weight is 287 g/mol. The zero-order valence-electron chi connectivity index (χ0n) is 11.6. The third-order valence-electron chi connectivity index (χ3n) is 3.31. The van der Waals surface area contributed by atoms with Crippen molar-refractivity contribution in [3.8, 4) is 10.6 Å². The smallest absolute Gasteiger partial charge is 0.151 e. The van der Waals surface area contributed by atoms with E-state index in [0.717, 1.165) is 39.5 Å². The summed E-state index contributed by atoms with van der Waals surface area (Å²) >= 11 is 1.63. The Hall–Kier alpha value is -1.72. The predicted molar refractivity (Wildman–Crippen MR) is 81.8 cm³/mol. The van der Waals surface area contributed by atoms with E-state index < -0.39 is 0 Å². The van der Waals surface area contributed by atoms with Crippen LogP contribution in [0.2, 0.25) is 0 Å². The van der Waals surface area contributed by atoms with Gasteiger partial charge in [0, 0.05) is 5.39 Å². The fraction of sp³-hybridized carbons (Fsp3) is 0.333. The molecule has 1 atom stereocenters. The van der Waals surface area contributed by atoms with E-state index in [0.29, 0.717) is 0 Å². The quantitative estimate of drug-likeness (QED) is 0.770. The second kappa shape index (κ2) is 5.73. The minimum Gasteiger partial charge on any atom is -0.464 e. The normalized spacial score (nSPS) is 12.9. The van der Waals surface area contributed by atoms with Crippen molar-refractivity contribution in [1.29, 1.82) is 0 Å². The van der Waals surface area contributed by atoms with Crippen LogP contribution in [0.3, 0.4) is 0 Å². The van der Waals surface area contributed by atoms with Gasteiger partial charge in [0.15, 0.2) is 5.01 Å². The Morgan fingerprint density at radius 3 is 2.90 bits per heavy atom. The summed E-state index contributed by atoms with van der Waals surface area (Å²) in [5.74, 6) is 0. The summed E-state index contributed by atoms with van der Waals surface area (Å²) in [5.41, 5.74) is 1.91. The lowest BCUT2D eigenvalue weighted by Crippen LogP contribution is -2.19. The SMILES string of the molecule is CCNC(CC)c1nnc(-c2coc3ccccc23)s1. The molecule has 104 valence electrons. The van der Waals surface area contributed by atoms with Gasteiger partial charge in [-0.2, -0.15) is 0 Å². The van der Waals surface area contributed by atoms with Crippen LogP contribution in [0.15, 0.2) is 34.9 Å². The first-order valence-electron chi connectivity index (χ1n) is 6.86. The van der Waals surface area contributed by atoms with Gasteiger partial charge < -0.3 is 9.73 Å². The van der Waals surface area contributed by atoms with Gasteiger partial charge in [0.25, 0.3) is 0 Å². The molecule has 0 fully saturated rings. The Bertz CT molecular complexity index is 704. The maximum absolute atomic E-state index is 5.57. The lowest BCUT2D eigenvalue weighted by molar-refractivity contribution is 0.531. The number of rotatable bonds is 5. The summed E-state index contributed by atoms with van der Waals surface area (Å²) in [6.07, 6.45) is 2.78. The monoisotopic (exact) mass is 287 g/mol. The predicted octanol–water partition coefficient (Wildman–Crippen LogP) is 4.01. The third kappa shape index (κ3) is 2.34. The van der Waals surface area contributed by atoms with Crippen LogP contribution in [0.25, 0.3) is 21.5 Å². The van der Waals surface area contributed by atoms with E-state index >= 15 is 0 Å². The molecule has 0 bridgehead atoms. The van der Waals surface area contributed by atoms with Crippen LogP contribution in [0, 0.1) is 0 Å². The Labute approximate surface area is 121 Å². The highest BCUT2D eigenvalue weighted by Gasteiger charge is 2.17. The Morgan fingerprint density at radius 1 is 1.25 bits per heavy atom. The molecule has 3 rings (SSSR count). The summed E-state index contributed by atoms with van der Waals surface area (Å²) in [7, 11) is 0. The molecule has 1 aromatic carbocycles. The van der Waals surface area contributed by atoms with Gasteiger partial charge in [-0.25, -0.2) is 0 Å². The summed E-state index contributed by atoms with van der Waals surface area (Å²) in [6, 6.07) is 8.28. The number of hydrogen-bond acceptors (Lipinski definition) is 5. The summed E-state index contributed by atoms with van der Waals surface area (Å²) in [4.78, 5) is 0. The van der Waals surface area contributed by atoms with Crippen LogP contribution in [-0.4, -0.2) is 16.7 Å². The molecule has 1 N–H and O–H groups in total. The van der Waals surface area contributed by atoms with Gasteiger partial charge in [-0.05, 0) is 19.0 Å². The molecule has 0 aliphatic heterocycles. The molecular formula is C15H17N3OS. The standard InChI is InChI=1S/C15H17N3OS/c1-3-12(16-4-2)15-18-17-14(20-15)11-9-19-13-8-6-5-7-10(11)13/h5-9,12,16H,3-4H2,1-2H3. The van der Waals surface area contributed by atoms with Crippen molar-refractivity contribution in [2.45, 2.75) is 26.3 Å². The molecule has 0 amide bonds. The van der Waals surface area contributed by atoms with Crippen LogP contribution < -0.4 is 5.32 Å². The van der Waals surface area contributed by atoms with Gasteiger partial charge in [-0.15, -0.1) is 10.2 Å². The van der Waals surface area contributed by atoms with Crippen molar-refractivity contribution in [2.75, 3.05) is 6.54 Å². The van der Waals surface area contributed by atoms with Crippen molar-refractivity contribution < 1.29 is 4.42 Å². The minimum atomic E-state index is 0.282. The molecular weight excluding hydrogens is 270 g/mol. The van der Waals surface area contributed by atoms with Crippen molar-refractivity contribution in [1.82, 2.24) is 15.5 Å². The summed E-state index contributed by atoms with van der Waals surface area (Å²) < 4.78 is 5.57. The lowest BCUT2D eigenvalue weighted by atomic mass is 10.2. The number of nitrogens with zero attached hydrogens (tertiary/aromatic N) is 2. The summed E-state index contributed by atoms with van der Waals surface area (Å²) in [6.45, 7) is 5.19. The van der Waals surface area contributed by atoms with Gasteiger partial charge in [0.1, 0.15) is 16.9 Å². The van der Waals surface area contributed by atoms with E-state index in [9.17, 15) is 0 Å². The zero-order chi connectivity index (χ0) is 13.9. The number of furan rings is 1. The molecule has 5 heteroatoms. The van der Waals surface area contributed by atoms with E-state index in [-0.39, 0.29) is 6.04 Å². The second-order valence-corrected chi connectivity index (χ2v) is 5.62. The number of nitrogens with one attached hydrogen (secondary N) is 1. The Kier molecular flexibility index (Phi) is 3.80. The molecule has 0 saturated heterocycles.